The van der Waals surface area contributed by atoms with Crippen molar-refractivity contribution < 1.29 is 32.2 Å². The first-order valence-corrected chi connectivity index (χ1v) is 17.6. The maximum Gasteiger partial charge on any atom is 0.261 e. The molecule has 2 amide bonds. The molecule has 0 unspecified atom stereocenters. The molecule has 2 fully saturated rings. The van der Waals surface area contributed by atoms with Crippen molar-refractivity contribution in [1.29, 1.82) is 0 Å². The molecule has 0 saturated carbocycles. The topological polar surface area (TPSA) is 118 Å². The molecule has 0 aliphatic carbocycles. The van der Waals surface area contributed by atoms with Crippen LogP contribution in [-0.4, -0.2) is 113 Å². The van der Waals surface area contributed by atoms with Crippen LogP contribution in [0.4, 0.5) is 0 Å². The number of ether oxygens (including phenoxy) is 3. The number of benzene rings is 3. The molecular formula is C34H41ClN4O7S. The van der Waals surface area contributed by atoms with Gasteiger partial charge in [-0.05, 0) is 47.5 Å². The van der Waals surface area contributed by atoms with Crippen LogP contribution >= 0.6 is 11.6 Å². The van der Waals surface area contributed by atoms with E-state index in [0.717, 1.165) is 24.2 Å². The fourth-order valence-electron chi connectivity index (χ4n) is 5.49. The number of rotatable bonds is 14. The first-order chi connectivity index (χ1) is 22.8. The third kappa shape index (κ3) is 9.99. The number of hydrogen-bond acceptors (Lipinski definition) is 8. The molecule has 47 heavy (non-hydrogen) atoms. The lowest BCUT2D eigenvalue weighted by Crippen LogP contribution is -2.52. The zero-order valence-corrected chi connectivity index (χ0v) is 27.8. The van der Waals surface area contributed by atoms with E-state index < -0.39 is 22.0 Å². The Bertz CT molecular complexity index is 1550. The largest absolute Gasteiger partial charge is 0.484 e. The van der Waals surface area contributed by atoms with Crippen LogP contribution in [0.2, 0.25) is 5.02 Å². The molecule has 0 aromatic heterocycles. The van der Waals surface area contributed by atoms with E-state index in [-0.39, 0.29) is 24.0 Å². The van der Waals surface area contributed by atoms with E-state index in [9.17, 15) is 18.0 Å². The molecule has 0 radical (unpaired) electrons. The molecule has 11 nitrogen and oxygen atoms in total. The Morgan fingerprint density at radius 1 is 0.851 bits per heavy atom. The van der Waals surface area contributed by atoms with Gasteiger partial charge in [-0.1, -0.05) is 54.1 Å². The molecule has 2 aliphatic heterocycles. The van der Waals surface area contributed by atoms with E-state index in [1.807, 2.05) is 42.5 Å². The molecule has 2 aliphatic rings. The lowest BCUT2D eigenvalue weighted by Gasteiger charge is -2.32. The van der Waals surface area contributed by atoms with Crippen molar-refractivity contribution in [2.45, 2.75) is 23.9 Å². The SMILES string of the molecule is O=C(NCCN1CCOCC1)[C@H](Cc1ccccc1)N(Cc1ccc(Cl)cc1)C(=O)COc1ccc(S(=O)(=O)N2CCOCC2)cc1. The van der Waals surface area contributed by atoms with Gasteiger partial charge in [-0.3, -0.25) is 14.5 Å². The van der Waals surface area contributed by atoms with Gasteiger partial charge in [0.1, 0.15) is 11.8 Å². The van der Waals surface area contributed by atoms with Crippen molar-refractivity contribution in [3.05, 3.63) is 95.0 Å². The molecule has 1 atom stereocenters. The number of nitrogens with one attached hydrogen (secondary N) is 1. The zero-order valence-electron chi connectivity index (χ0n) is 26.3. The van der Waals surface area contributed by atoms with E-state index in [0.29, 0.717) is 69.8 Å². The minimum Gasteiger partial charge on any atom is -0.484 e. The van der Waals surface area contributed by atoms with Crippen LogP contribution in [0, 0.1) is 0 Å². The lowest BCUT2D eigenvalue weighted by molar-refractivity contribution is -0.142. The van der Waals surface area contributed by atoms with Crippen LogP contribution in [0.1, 0.15) is 11.1 Å². The summed E-state index contributed by atoms with van der Waals surface area (Å²) in [6.45, 7) is 5.16. The number of amides is 2. The standard InChI is InChI=1S/C34H41ClN4O7S/c35-29-8-6-28(7-9-29)25-39(32(24-27-4-2-1-3-5-27)34(41)36-14-15-37-16-20-44-21-17-37)33(40)26-46-30-10-12-31(13-11-30)47(42,43)38-18-22-45-23-19-38/h1-13,32H,14-26H2,(H,36,41)/t32-/m0/s1. The van der Waals surface area contributed by atoms with Crippen LogP contribution in [0.3, 0.4) is 0 Å². The fourth-order valence-corrected chi connectivity index (χ4v) is 7.03. The van der Waals surface area contributed by atoms with Crippen molar-refractivity contribution in [3.63, 3.8) is 0 Å². The van der Waals surface area contributed by atoms with E-state index in [2.05, 4.69) is 10.2 Å². The van der Waals surface area contributed by atoms with Gasteiger partial charge in [0.15, 0.2) is 6.61 Å². The van der Waals surface area contributed by atoms with Crippen molar-refractivity contribution in [1.82, 2.24) is 19.4 Å². The van der Waals surface area contributed by atoms with Crippen molar-refractivity contribution >= 4 is 33.4 Å². The number of nitrogens with zero attached hydrogens (tertiary/aromatic N) is 3. The Kier molecular flexibility index (Phi) is 12.6. The fraction of sp³-hybridized carbons (Fsp3) is 0.412. The molecule has 3 aromatic carbocycles. The second-order valence-electron chi connectivity index (χ2n) is 11.4. The summed E-state index contributed by atoms with van der Waals surface area (Å²) in [5, 5.41) is 3.62. The van der Waals surface area contributed by atoms with Crippen LogP contribution in [0.5, 0.6) is 5.75 Å². The normalized spacial score (nSPS) is 16.7. The highest BCUT2D eigenvalue weighted by molar-refractivity contribution is 7.89. The van der Waals surface area contributed by atoms with E-state index in [4.69, 9.17) is 25.8 Å². The minimum absolute atomic E-state index is 0.138. The zero-order chi connectivity index (χ0) is 33.1. The Morgan fingerprint density at radius 3 is 2.15 bits per heavy atom. The highest BCUT2D eigenvalue weighted by Crippen LogP contribution is 2.22. The molecule has 2 saturated heterocycles. The number of morpholine rings is 2. The summed E-state index contributed by atoms with van der Waals surface area (Å²) in [6.07, 6.45) is 0.303. The Hall–Kier alpha value is -3.52. The number of sulfonamides is 1. The third-order valence-corrected chi connectivity index (χ3v) is 10.3. The second-order valence-corrected chi connectivity index (χ2v) is 13.7. The minimum atomic E-state index is -3.67. The number of carbonyl (C=O) groups is 2. The van der Waals surface area contributed by atoms with Crippen LogP contribution in [0.25, 0.3) is 0 Å². The van der Waals surface area contributed by atoms with Crippen LogP contribution in [-0.2, 0) is 42.1 Å². The number of halogens is 1. The maximum absolute atomic E-state index is 13.9. The predicted molar refractivity (Wildman–Crippen MR) is 178 cm³/mol. The third-order valence-electron chi connectivity index (χ3n) is 8.16. The van der Waals surface area contributed by atoms with Gasteiger partial charge in [0, 0.05) is 57.3 Å². The highest BCUT2D eigenvalue weighted by atomic mass is 35.5. The average Bonchev–Trinajstić information content (AvgIpc) is 3.11. The molecule has 0 bridgehead atoms. The molecule has 252 valence electrons. The molecule has 2 heterocycles. The first-order valence-electron chi connectivity index (χ1n) is 15.8. The monoisotopic (exact) mass is 684 g/mol. The van der Waals surface area contributed by atoms with E-state index in [1.54, 1.807) is 12.1 Å². The summed E-state index contributed by atoms with van der Waals surface area (Å²) in [5.41, 5.74) is 1.72. The number of hydrogen-bond donors (Lipinski definition) is 1. The van der Waals surface area contributed by atoms with Crippen LogP contribution < -0.4 is 10.1 Å². The molecule has 0 spiro atoms. The van der Waals surface area contributed by atoms with E-state index >= 15 is 0 Å². The smallest absolute Gasteiger partial charge is 0.261 e. The quantitative estimate of drug-likeness (QED) is 0.276. The van der Waals surface area contributed by atoms with E-state index in [1.165, 1.54) is 33.5 Å². The summed E-state index contributed by atoms with van der Waals surface area (Å²) in [4.78, 5) is 31.7. The van der Waals surface area contributed by atoms with Gasteiger partial charge < -0.3 is 24.4 Å². The molecule has 13 heteroatoms. The second kappa shape index (κ2) is 17.0. The maximum atomic E-state index is 13.9. The Balaban J connectivity index is 1.32. The molecule has 3 aromatic rings. The van der Waals surface area contributed by atoms with Gasteiger partial charge in [-0.15, -0.1) is 0 Å². The number of carbonyl (C=O) groups excluding carboxylic acids is 2. The predicted octanol–water partition coefficient (Wildman–Crippen LogP) is 2.83. The van der Waals surface area contributed by atoms with Gasteiger partial charge in [0.2, 0.25) is 15.9 Å². The van der Waals surface area contributed by atoms with Crippen molar-refractivity contribution in [3.8, 4) is 5.75 Å². The van der Waals surface area contributed by atoms with Gasteiger partial charge in [-0.25, -0.2) is 8.42 Å². The summed E-state index contributed by atoms with van der Waals surface area (Å²) < 4.78 is 44.0. The van der Waals surface area contributed by atoms with Gasteiger partial charge in [-0.2, -0.15) is 4.31 Å². The van der Waals surface area contributed by atoms with Gasteiger partial charge >= 0.3 is 0 Å². The molecule has 5 rings (SSSR count). The Labute approximate surface area is 281 Å². The van der Waals surface area contributed by atoms with Gasteiger partial charge in [0.25, 0.3) is 5.91 Å². The highest BCUT2D eigenvalue weighted by Gasteiger charge is 2.31. The Morgan fingerprint density at radius 2 is 1.49 bits per heavy atom. The molecular weight excluding hydrogens is 644 g/mol. The van der Waals surface area contributed by atoms with Crippen molar-refractivity contribution in [2.75, 3.05) is 72.3 Å². The van der Waals surface area contributed by atoms with Crippen LogP contribution in [0.15, 0.2) is 83.8 Å². The lowest BCUT2D eigenvalue weighted by atomic mass is 10.0. The van der Waals surface area contributed by atoms with Crippen molar-refractivity contribution in [2.24, 2.45) is 0 Å². The summed E-state index contributed by atoms with van der Waals surface area (Å²) in [5.74, 6) is -0.323. The summed E-state index contributed by atoms with van der Waals surface area (Å²) >= 11 is 6.13. The van der Waals surface area contributed by atoms with Gasteiger partial charge in [0.05, 0.1) is 31.3 Å². The first kappa shape index (κ1) is 34.8. The summed E-state index contributed by atoms with van der Waals surface area (Å²) in [7, 11) is -3.67. The summed E-state index contributed by atoms with van der Waals surface area (Å²) in [6, 6.07) is 21.9. The molecule has 1 N–H and O–H groups in total. The average molecular weight is 685 g/mol.